The second kappa shape index (κ2) is 24.0. The predicted octanol–water partition coefficient (Wildman–Crippen LogP) is 1.82. The van der Waals surface area contributed by atoms with Crippen molar-refractivity contribution in [3.8, 4) is 0 Å². The average Bonchev–Trinajstić information content (AvgIpc) is 2.67. The maximum Gasteiger partial charge on any atom is 0.128 e. The van der Waals surface area contributed by atoms with Gasteiger partial charge < -0.3 is 42.9 Å². The van der Waals surface area contributed by atoms with Gasteiger partial charge in [0.05, 0.1) is 41.3 Å². The molecule has 2 nitrogen and oxygen atoms in total. The highest BCUT2D eigenvalue weighted by atomic mass is 79.9. The van der Waals surface area contributed by atoms with Crippen molar-refractivity contribution < 1.29 is 42.9 Å². The summed E-state index contributed by atoms with van der Waals surface area (Å²) in [6.07, 6.45) is 24.4. The molecule has 0 heterocycles. The molecule has 0 fully saturated rings. The van der Waals surface area contributed by atoms with Crippen molar-refractivity contribution in [1.29, 1.82) is 0 Å². The Kier molecular flexibility index (Phi) is 28.2. The molecule has 0 spiro atoms. The molecule has 31 heavy (non-hydrogen) atoms. The van der Waals surface area contributed by atoms with E-state index in [2.05, 4.69) is 42.0 Å². The third-order valence-corrected chi connectivity index (χ3v) is 6.79. The van der Waals surface area contributed by atoms with E-state index in [0.717, 1.165) is 0 Å². The van der Waals surface area contributed by atoms with Gasteiger partial charge in [-0.05, 0) is 25.7 Å². The van der Waals surface area contributed by atoms with Gasteiger partial charge in [-0.15, -0.1) is 0 Å². The second-order valence-corrected chi connectivity index (χ2v) is 11.1. The molecular weight excluding hydrogens is 512 g/mol. The summed E-state index contributed by atoms with van der Waals surface area (Å²) in [6.45, 7) is 9.95. The zero-order valence-corrected chi connectivity index (χ0v) is 25.7. The molecule has 0 aliphatic carbocycles. The minimum Gasteiger partial charge on any atom is -1.00 e. The Morgan fingerprint density at radius 2 is 0.548 bits per heavy atom. The Bertz CT molecular complexity index is 346. The largest absolute Gasteiger partial charge is 1.00 e. The van der Waals surface area contributed by atoms with Crippen molar-refractivity contribution in [2.75, 3.05) is 54.4 Å². The summed E-state index contributed by atoms with van der Waals surface area (Å²) in [7, 11) is 9.78. The third-order valence-electron chi connectivity index (χ3n) is 6.79. The number of halogens is 2. The van der Waals surface area contributed by atoms with Gasteiger partial charge in [-0.1, -0.05) is 97.3 Å². The summed E-state index contributed by atoms with van der Waals surface area (Å²) in [5.74, 6) is 0. The monoisotopic (exact) mass is 570 g/mol. The molecular formula is C27H60Br2N2. The van der Waals surface area contributed by atoms with Crippen LogP contribution < -0.4 is 34.0 Å². The van der Waals surface area contributed by atoms with Gasteiger partial charge in [-0.25, -0.2) is 0 Å². The highest BCUT2D eigenvalue weighted by Crippen LogP contribution is 2.13. The fourth-order valence-corrected chi connectivity index (χ4v) is 4.29. The first-order valence-electron chi connectivity index (χ1n) is 13.5. The lowest BCUT2D eigenvalue weighted by atomic mass is 10.1. The van der Waals surface area contributed by atoms with Crippen LogP contribution >= 0.6 is 0 Å². The van der Waals surface area contributed by atoms with Gasteiger partial charge in [-0.3, -0.25) is 0 Å². The molecule has 0 saturated carbocycles. The Morgan fingerprint density at radius 1 is 0.323 bits per heavy atom. The van der Waals surface area contributed by atoms with E-state index in [-0.39, 0.29) is 34.0 Å². The zero-order valence-electron chi connectivity index (χ0n) is 22.5. The lowest BCUT2D eigenvalue weighted by Gasteiger charge is -2.36. The Labute approximate surface area is 219 Å². The molecule has 4 heteroatoms. The van der Waals surface area contributed by atoms with Gasteiger partial charge in [0.25, 0.3) is 0 Å². The van der Waals surface area contributed by atoms with Crippen molar-refractivity contribution in [3.05, 3.63) is 0 Å². The Balaban J connectivity index is -0.00000392. The average molecular weight is 573 g/mol. The van der Waals surface area contributed by atoms with Crippen LogP contribution in [0.5, 0.6) is 0 Å². The molecule has 0 rings (SSSR count). The summed E-state index contributed by atoms with van der Waals surface area (Å²) in [5, 5.41) is 0. The third kappa shape index (κ3) is 27.0. The van der Waals surface area contributed by atoms with Crippen LogP contribution in [0.4, 0.5) is 0 Å². The van der Waals surface area contributed by atoms with Gasteiger partial charge in [0.2, 0.25) is 0 Å². The summed E-state index contributed by atoms with van der Waals surface area (Å²) < 4.78 is 2.41. The first-order chi connectivity index (χ1) is 13.8. The summed E-state index contributed by atoms with van der Waals surface area (Å²) >= 11 is 0. The van der Waals surface area contributed by atoms with Crippen molar-refractivity contribution in [2.24, 2.45) is 0 Å². The molecule has 0 bridgehead atoms. The highest BCUT2D eigenvalue weighted by Gasteiger charge is 2.22. The Hall–Kier alpha value is 0.880. The van der Waals surface area contributed by atoms with E-state index >= 15 is 0 Å². The molecule has 192 valence electrons. The quantitative estimate of drug-likeness (QED) is 0.137. The fourth-order valence-electron chi connectivity index (χ4n) is 4.29. The van der Waals surface area contributed by atoms with Crippen LogP contribution in [0, 0.1) is 0 Å². The molecule has 0 saturated heterocycles. The predicted molar refractivity (Wildman–Crippen MR) is 134 cm³/mol. The first-order valence-corrected chi connectivity index (χ1v) is 13.5. The first kappa shape index (κ1) is 36.4. The molecule has 0 aliphatic rings. The number of likely N-dealkylation sites (N-methyl/N-ethyl adjacent to an activating group) is 2. The SMILES string of the molecule is CCCCCCCCCCC[N+](C)(C)CC[N+](C)(C)CCCCCCCCCC.[Br-].[Br-]. The van der Waals surface area contributed by atoms with Crippen LogP contribution in [0.25, 0.3) is 0 Å². The normalized spacial score (nSPS) is 11.8. The number of rotatable bonds is 22. The van der Waals surface area contributed by atoms with E-state index < -0.39 is 0 Å². The zero-order chi connectivity index (χ0) is 21.8. The van der Waals surface area contributed by atoms with Gasteiger partial charge in [0.15, 0.2) is 0 Å². The molecule has 0 aromatic heterocycles. The van der Waals surface area contributed by atoms with E-state index in [1.807, 2.05) is 0 Å². The fraction of sp³-hybridized carbons (Fsp3) is 1.00. The maximum absolute atomic E-state index is 2.45. The van der Waals surface area contributed by atoms with Gasteiger partial charge in [0.1, 0.15) is 13.1 Å². The van der Waals surface area contributed by atoms with Gasteiger partial charge in [0, 0.05) is 0 Å². The molecule has 0 aromatic rings. The van der Waals surface area contributed by atoms with Crippen molar-refractivity contribution >= 4 is 0 Å². The smallest absolute Gasteiger partial charge is 0.128 e. The van der Waals surface area contributed by atoms with E-state index in [4.69, 9.17) is 0 Å². The van der Waals surface area contributed by atoms with E-state index in [9.17, 15) is 0 Å². The van der Waals surface area contributed by atoms with Crippen LogP contribution in [0.15, 0.2) is 0 Å². The minimum absolute atomic E-state index is 0. The number of unbranched alkanes of at least 4 members (excludes halogenated alkanes) is 15. The highest BCUT2D eigenvalue weighted by molar-refractivity contribution is 4.49. The minimum atomic E-state index is 0. The number of nitrogens with zero attached hydrogens (tertiary/aromatic N) is 2. The molecule has 0 atom stereocenters. The van der Waals surface area contributed by atoms with E-state index in [1.54, 1.807) is 0 Å². The number of hydrogen-bond donors (Lipinski definition) is 0. The standard InChI is InChI=1S/C27H60N2.2BrH/c1-7-9-11-13-15-17-19-21-23-25-29(5,6)27-26-28(3,4)24-22-20-18-16-14-12-10-8-2;;/h7-27H2,1-6H3;2*1H/q+2;;/p-2. The lowest BCUT2D eigenvalue weighted by Crippen LogP contribution is -3.00. The molecule has 0 amide bonds. The summed E-state index contributed by atoms with van der Waals surface area (Å²) in [5.41, 5.74) is 0. The topological polar surface area (TPSA) is 0 Å². The Morgan fingerprint density at radius 3 is 0.806 bits per heavy atom. The van der Waals surface area contributed by atoms with Crippen LogP contribution in [0.1, 0.15) is 123 Å². The van der Waals surface area contributed by atoms with Crippen LogP contribution in [-0.2, 0) is 0 Å². The van der Waals surface area contributed by atoms with Crippen molar-refractivity contribution in [2.45, 2.75) is 123 Å². The second-order valence-electron chi connectivity index (χ2n) is 11.1. The number of hydrogen-bond acceptors (Lipinski definition) is 0. The van der Waals surface area contributed by atoms with Crippen molar-refractivity contribution in [3.63, 3.8) is 0 Å². The summed E-state index contributed by atoms with van der Waals surface area (Å²) in [6, 6.07) is 0. The van der Waals surface area contributed by atoms with Gasteiger partial charge in [-0.2, -0.15) is 0 Å². The maximum atomic E-state index is 2.45. The van der Waals surface area contributed by atoms with Crippen LogP contribution in [0.2, 0.25) is 0 Å². The molecule has 0 radical (unpaired) electrons. The van der Waals surface area contributed by atoms with E-state index in [1.165, 1.54) is 144 Å². The molecule has 0 unspecified atom stereocenters. The molecule has 0 N–H and O–H groups in total. The van der Waals surface area contributed by atoms with E-state index in [0.29, 0.717) is 0 Å². The molecule has 0 aromatic carbocycles. The van der Waals surface area contributed by atoms with Crippen LogP contribution in [0.3, 0.4) is 0 Å². The van der Waals surface area contributed by atoms with Crippen LogP contribution in [-0.4, -0.2) is 63.3 Å². The van der Waals surface area contributed by atoms with Crippen molar-refractivity contribution in [1.82, 2.24) is 0 Å². The van der Waals surface area contributed by atoms with Gasteiger partial charge >= 0.3 is 0 Å². The summed E-state index contributed by atoms with van der Waals surface area (Å²) in [4.78, 5) is 0. The number of quaternary nitrogens is 2. The molecule has 0 aliphatic heterocycles. The lowest BCUT2D eigenvalue weighted by molar-refractivity contribution is -0.946.